The van der Waals surface area contributed by atoms with E-state index in [9.17, 15) is 13.2 Å². The fraction of sp³-hybridized carbons (Fsp3) is 0.467. The zero-order valence-electron chi connectivity index (χ0n) is 11.6. The summed E-state index contributed by atoms with van der Waals surface area (Å²) < 4.78 is 39.4. The molecule has 0 saturated carbocycles. The van der Waals surface area contributed by atoms with Crippen LogP contribution in [0.2, 0.25) is 0 Å². The van der Waals surface area contributed by atoms with E-state index in [4.69, 9.17) is 0 Å². The molecule has 1 heterocycles. The Kier molecular flexibility index (Phi) is 5.46. The average Bonchev–Trinajstić information content (AvgIpc) is 2.44. The van der Waals surface area contributed by atoms with E-state index in [1.807, 2.05) is 0 Å². The van der Waals surface area contributed by atoms with Crippen molar-refractivity contribution < 1.29 is 13.2 Å². The molecule has 1 aliphatic rings. The molecule has 0 spiro atoms. The number of benzene rings is 1. The van der Waals surface area contributed by atoms with E-state index in [-0.39, 0.29) is 6.04 Å². The number of nitrogens with zero attached hydrogens (tertiary/aromatic N) is 1. The summed E-state index contributed by atoms with van der Waals surface area (Å²) in [5.74, 6) is 0. The third-order valence-corrected chi connectivity index (χ3v) is 4.07. The number of alkyl halides is 3. The van der Waals surface area contributed by atoms with Crippen LogP contribution in [0.4, 0.5) is 13.2 Å². The Labute approximate surface area is 131 Å². The molecule has 0 bridgehead atoms. The molecule has 1 atom stereocenters. The van der Waals surface area contributed by atoms with Crippen molar-refractivity contribution in [2.24, 2.45) is 0 Å². The molecular weight excluding hydrogens is 345 g/mol. The molecule has 116 valence electrons. The van der Waals surface area contributed by atoms with Gasteiger partial charge in [-0.05, 0) is 30.2 Å². The smallest absolute Gasteiger partial charge is 0.314 e. The fourth-order valence-electron chi connectivity index (χ4n) is 2.62. The molecule has 21 heavy (non-hydrogen) atoms. The molecule has 0 aliphatic carbocycles. The standard InChI is InChI=1S/C15H18BrF3N2/c1-2-3-14(21-6-4-20-5-7-21)11-8-12(15(17,18)19)10-13(16)9-11/h2,8-10,14,20H,1,3-7H2/t14-/m0/s1. The lowest BCUT2D eigenvalue weighted by molar-refractivity contribution is -0.137. The van der Waals surface area contributed by atoms with Crippen LogP contribution in [0.1, 0.15) is 23.6 Å². The predicted octanol–water partition coefficient (Wildman–Crippen LogP) is 3.99. The van der Waals surface area contributed by atoms with Crippen LogP contribution in [-0.4, -0.2) is 31.1 Å². The number of nitrogens with one attached hydrogen (secondary N) is 1. The average molecular weight is 363 g/mol. The Morgan fingerprint density at radius 1 is 1.29 bits per heavy atom. The van der Waals surface area contributed by atoms with E-state index in [2.05, 4.69) is 32.7 Å². The summed E-state index contributed by atoms with van der Waals surface area (Å²) in [5, 5.41) is 3.25. The Balaban J connectivity index is 2.35. The van der Waals surface area contributed by atoms with Crippen molar-refractivity contribution in [1.29, 1.82) is 0 Å². The van der Waals surface area contributed by atoms with E-state index in [0.717, 1.165) is 32.2 Å². The maximum absolute atomic E-state index is 13.0. The van der Waals surface area contributed by atoms with Gasteiger partial charge in [0.05, 0.1) is 5.56 Å². The van der Waals surface area contributed by atoms with Gasteiger partial charge in [0.2, 0.25) is 0 Å². The molecule has 1 N–H and O–H groups in total. The number of rotatable bonds is 4. The van der Waals surface area contributed by atoms with Gasteiger partial charge in [0.25, 0.3) is 0 Å². The maximum atomic E-state index is 13.0. The summed E-state index contributed by atoms with van der Waals surface area (Å²) in [6.07, 6.45) is -1.94. The minimum atomic E-state index is -4.33. The highest BCUT2D eigenvalue weighted by atomic mass is 79.9. The topological polar surface area (TPSA) is 15.3 Å². The fourth-order valence-corrected chi connectivity index (χ4v) is 3.13. The van der Waals surface area contributed by atoms with Crippen LogP contribution < -0.4 is 5.32 Å². The Morgan fingerprint density at radius 2 is 1.95 bits per heavy atom. The molecule has 1 aromatic carbocycles. The van der Waals surface area contributed by atoms with Gasteiger partial charge in [0, 0.05) is 36.7 Å². The van der Waals surface area contributed by atoms with Crippen LogP contribution >= 0.6 is 15.9 Å². The SMILES string of the molecule is C=CC[C@@H](c1cc(Br)cc(C(F)(F)F)c1)N1CCNCC1. The highest BCUT2D eigenvalue weighted by molar-refractivity contribution is 9.10. The van der Waals surface area contributed by atoms with Crippen LogP contribution in [-0.2, 0) is 6.18 Å². The summed E-state index contributed by atoms with van der Waals surface area (Å²) in [7, 11) is 0. The second-order valence-electron chi connectivity index (χ2n) is 5.10. The number of hydrogen-bond donors (Lipinski definition) is 1. The monoisotopic (exact) mass is 362 g/mol. The summed E-state index contributed by atoms with van der Waals surface area (Å²) in [6.45, 7) is 7.10. The van der Waals surface area contributed by atoms with Crippen LogP contribution in [0.25, 0.3) is 0 Å². The lowest BCUT2D eigenvalue weighted by atomic mass is 9.99. The number of piperazine rings is 1. The van der Waals surface area contributed by atoms with E-state index < -0.39 is 11.7 Å². The molecule has 0 amide bonds. The third kappa shape index (κ3) is 4.31. The Morgan fingerprint density at radius 3 is 2.52 bits per heavy atom. The molecule has 0 aromatic heterocycles. The lowest BCUT2D eigenvalue weighted by Crippen LogP contribution is -2.45. The van der Waals surface area contributed by atoms with E-state index in [1.165, 1.54) is 6.07 Å². The molecule has 0 radical (unpaired) electrons. The zero-order chi connectivity index (χ0) is 15.5. The summed E-state index contributed by atoms with van der Waals surface area (Å²) >= 11 is 3.19. The van der Waals surface area contributed by atoms with Crippen LogP contribution in [0.15, 0.2) is 35.3 Å². The summed E-state index contributed by atoms with van der Waals surface area (Å²) in [6, 6.07) is 4.07. The minimum Gasteiger partial charge on any atom is -0.314 e. The van der Waals surface area contributed by atoms with Crippen molar-refractivity contribution in [3.63, 3.8) is 0 Å². The van der Waals surface area contributed by atoms with Gasteiger partial charge in [-0.3, -0.25) is 4.90 Å². The van der Waals surface area contributed by atoms with E-state index >= 15 is 0 Å². The second kappa shape index (κ2) is 6.94. The summed E-state index contributed by atoms with van der Waals surface area (Å²) in [4.78, 5) is 2.21. The molecular formula is C15H18BrF3N2. The van der Waals surface area contributed by atoms with Gasteiger partial charge < -0.3 is 5.32 Å². The van der Waals surface area contributed by atoms with Crippen LogP contribution in [0, 0.1) is 0 Å². The normalized spacial score (nSPS) is 18.5. The third-order valence-electron chi connectivity index (χ3n) is 3.61. The predicted molar refractivity (Wildman–Crippen MR) is 81.1 cm³/mol. The van der Waals surface area contributed by atoms with Gasteiger partial charge in [-0.2, -0.15) is 13.2 Å². The first-order valence-corrected chi connectivity index (χ1v) is 7.64. The first kappa shape index (κ1) is 16.5. The summed E-state index contributed by atoms with van der Waals surface area (Å²) in [5.41, 5.74) is 0.0644. The van der Waals surface area contributed by atoms with Crippen molar-refractivity contribution >= 4 is 15.9 Å². The van der Waals surface area contributed by atoms with Gasteiger partial charge in [-0.1, -0.05) is 22.0 Å². The first-order valence-electron chi connectivity index (χ1n) is 6.85. The van der Waals surface area contributed by atoms with Gasteiger partial charge in [-0.25, -0.2) is 0 Å². The molecule has 0 unspecified atom stereocenters. The van der Waals surface area contributed by atoms with Gasteiger partial charge >= 0.3 is 6.18 Å². The lowest BCUT2D eigenvalue weighted by Gasteiger charge is -2.35. The minimum absolute atomic E-state index is 0.0665. The highest BCUT2D eigenvalue weighted by Gasteiger charge is 2.32. The molecule has 2 nitrogen and oxygen atoms in total. The largest absolute Gasteiger partial charge is 0.416 e. The molecule has 1 saturated heterocycles. The van der Waals surface area contributed by atoms with Crippen molar-refractivity contribution in [3.8, 4) is 0 Å². The number of hydrogen-bond acceptors (Lipinski definition) is 2. The van der Waals surface area contributed by atoms with Crippen molar-refractivity contribution in [1.82, 2.24) is 10.2 Å². The molecule has 2 rings (SSSR count). The highest BCUT2D eigenvalue weighted by Crippen LogP contribution is 2.35. The van der Waals surface area contributed by atoms with Crippen molar-refractivity contribution in [2.75, 3.05) is 26.2 Å². The second-order valence-corrected chi connectivity index (χ2v) is 6.01. The van der Waals surface area contributed by atoms with E-state index in [0.29, 0.717) is 16.5 Å². The molecule has 6 heteroatoms. The van der Waals surface area contributed by atoms with Crippen LogP contribution in [0.3, 0.4) is 0 Å². The van der Waals surface area contributed by atoms with E-state index in [1.54, 1.807) is 12.1 Å². The van der Waals surface area contributed by atoms with Gasteiger partial charge in [0.1, 0.15) is 0 Å². The Bertz CT molecular complexity index is 496. The van der Waals surface area contributed by atoms with Crippen molar-refractivity contribution in [3.05, 3.63) is 46.5 Å². The zero-order valence-corrected chi connectivity index (χ0v) is 13.2. The maximum Gasteiger partial charge on any atom is 0.416 e. The number of halogens is 4. The van der Waals surface area contributed by atoms with Gasteiger partial charge in [0.15, 0.2) is 0 Å². The molecule has 1 aliphatic heterocycles. The molecule has 1 fully saturated rings. The first-order chi connectivity index (χ1) is 9.91. The van der Waals surface area contributed by atoms with Crippen LogP contribution in [0.5, 0.6) is 0 Å². The quantitative estimate of drug-likeness (QED) is 0.814. The van der Waals surface area contributed by atoms with Crippen molar-refractivity contribution in [2.45, 2.75) is 18.6 Å². The molecule has 1 aromatic rings. The Hall–Kier alpha value is -0.850. The van der Waals surface area contributed by atoms with Gasteiger partial charge in [-0.15, -0.1) is 6.58 Å².